The molecule has 1 saturated carbocycles. The van der Waals surface area contributed by atoms with Crippen LogP contribution in [0.5, 0.6) is 0 Å². The first-order valence-electron chi connectivity index (χ1n) is 10.2. The van der Waals surface area contributed by atoms with Crippen molar-refractivity contribution in [3.8, 4) is 0 Å². The lowest BCUT2D eigenvalue weighted by atomic mass is 9.82. The van der Waals surface area contributed by atoms with Crippen molar-refractivity contribution in [2.75, 3.05) is 13.2 Å². The fraction of sp³-hybridized carbons (Fsp3) is 0.950. The van der Waals surface area contributed by atoms with E-state index in [2.05, 4.69) is 19.2 Å². The predicted octanol–water partition coefficient (Wildman–Crippen LogP) is 4.65. The minimum absolute atomic E-state index is 0.00700. The van der Waals surface area contributed by atoms with Crippen LogP contribution in [-0.2, 0) is 4.74 Å². The molecule has 3 atom stereocenters. The number of aliphatic hydroxyl groups excluding tert-OH is 1. The summed E-state index contributed by atoms with van der Waals surface area (Å²) in [7, 11) is 0. The van der Waals surface area contributed by atoms with Crippen LogP contribution in [0.3, 0.4) is 0 Å². The van der Waals surface area contributed by atoms with E-state index in [1.54, 1.807) is 0 Å². The van der Waals surface area contributed by atoms with Crippen LogP contribution in [0, 0.1) is 10.8 Å². The van der Waals surface area contributed by atoms with E-state index < -0.39 is 0 Å². The Hall–Kier alpha value is -0.610. The van der Waals surface area contributed by atoms with Crippen LogP contribution in [0.15, 0.2) is 0 Å². The first-order valence-corrected chi connectivity index (χ1v) is 10.2. The normalized spacial score (nSPS) is 26.4. The molecule has 2 rings (SSSR count). The summed E-state index contributed by atoms with van der Waals surface area (Å²) in [6.45, 7) is 7.49. The Labute approximate surface area is 149 Å². The van der Waals surface area contributed by atoms with Gasteiger partial charge in [-0.15, -0.1) is 0 Å². The van der Waals surface area contributed by atoms with Gasteiger partial charge < -0.3 is 15.2 Å². The maximum atomic E-state index is 9.12. The van der Waals surface area contributed by atoms with Gasteiger partial charge in [0.05, 0.1) is 12.0 Å². The number of ether oxygens (including phenoxy) is 1. The lowest BCUT2D eigenvalue weighted by Gasteiger charge is -2.31. The molecule has 1 saturated heterocycles. The van der Waals surface area contributed by atoms with E-state index in [0.717, 1.165) is 32.2 Å². The molecule has 1 aliphatic heterocycles. The fourth-order valence-corrected chi connectivity index (χ4v) is 3.91. The van der Waals surface area contributed by atoms with E-state index in [4.69, 9.17) is 15.3 Å². The molecule has 4 nitrogen and oxygen atoms in total. The minimum atomic E-state index is -0.205. The number of hydrogen-bond acceptors (Lipinski definition) is 4. The highest BCUT2D eigenvalue weighted by Crippen LogP contribution is 2.45. The van der Waals surface area contributed by atoms with Gasteiger partial charge in [0, 0.05) is 6.04 Å². The van der Waals surface area contributed by atoms with Crippen molar-refractivity contribution in [2.24, 2.45) is 5.41 Å². The minimum Gasteiger partial charge on any atom is -0.475 e. The van der Waals surface area contributed by atoms with E-state index in [0.29, 0.717) is 11.9 Å². The van der Waals surface area contributed by atoms with Gasteiger partial charge in [-0.1, -0.05) is 65.7 Å². The van der Waals surface area contributed by atoms with E-state index in [1.807, 2.05) is 6.92 Å². The van der Waals surface area contributed by atoms with E-state index in [-0.39, 0.29) is 18.1 Å². The summed E-state index contributed by atoms with van der Waals surface area (Å²) < 4.78 is 5.63. The molecule has 0 bridgehead atoms. The lowest BCUT2D eigenvalue weighted by Crippen LogP contribution is -2.41. The third-order valence-electron chi connectivity index (χ3n) is 5.60. The zero-order chi connectivity index (χ0) is 17.8. The molecule has 2 unspecified atom stereocenters. The average Bonchev–Trinajstić information content (AvgIpc) is 3.18. The van der Waals surface area contributed by atoms with Crippen molar-refractivity contribution in [1.82, 2.24) is 5.32 Å². The molecule has 3 N–H and O–H groups in total. The van der Waals surface area contributed by atoms with Crippen molar-refractivity contribution in [3.63, 3.8) is 0 Å². The summed E-state index contributed by atoms with van der Waals surface area (Å²) in [5, 5.41) is 20.8. The second kappa shape index (κ2) is 11.9. The Morgan fingerprint density at radius 2 is 1.83 bits per heavy atom. The Balaban J connectivity index is 0.000000307. The predicted molar refractivity (Wildman–Crippen MR) is 102 cm³/mol. The molecule has 0 amide bonds. The first kappa shape index (κ1) is 21.4. The lowest BCUT2D eigenvalue weighted by molar-refractivity contribution is 0.0841. The third kappa shape index (κ3) is 6.03. The molecule has 0 aromatic rings. The van der Waals surface area contributed by atoms with Gasteiger partial charge in [0.1, 0.15) is 6.10 Å². The molecule has 142 valence electrons. The first-order chi connectivity index (χ1) is 11.6. The van der Waals surface area contributed by atoms with Gasteiger partial charge in [-0.05, 0) is 32.2 Å². The molecule has 0 aromatic heterocycles. The number of aliphatic hydroxyl groups is 1. The molecular formula is C20H40N2O2. The van der Waals surface area contributed by atoms with Gasteiger partial charge in [0.15, 0.2) is 5.90 Å². The molecule has 0 spiro atoms. The van der Waals surface area contributed by atoms with Gasteiger partial charge in [0.2, 0.25) is 0 Å². The standard InChI is InChI=1S/C12H22N2O2.C8H18/c1-2-9(8-15)16-11(13)12-5-3-4-10(12)14-7-6-12;1-3-5-7-8-6-4-2/h9-10,13-15H,2-8H2,1H3;3-8H2,1-2H3/t9?,10?,12-;/m0./s1. The Morgan fingerprint density at radius 3 is 2.38 bits per heavy atom. The van der Waals surface area contributed by atoms with Gasteiger partial charge in [-0.25, -0.2) is 0 Å². The highest BCUT2D eigenvalue weighted by molar-refractivity contribution is 5.81. The van der Waals surface area contributed by atoms with Gasteiger partial charge >= 0.3 is 0 Å². The maximum Gasteiger partial charge on any atom is 0.188 e. The molecule has 1 aliphatic carbocycles. The summed E-state index contributed by atoms with van der Waals surface area (Å²) in [5.74, 6) is 0.404. The van der Waals surface area contributed by atoms with Crippen molar-refractivity contribution < 1.29 is 9.84 Å². The molecule has 4 heteroatoms. The van der Waals surface area contributed by atoms with Crippen LogP contribution in [0.1, 0.15) is 91.4 Å². The van der Waals surface area contributed by atoms with Crippen LogP contribution >= 0.6 is 0 Å². The quantitative estimate of drug-likeness (QED) is 0.325. The van der Waals surface area contributed by atoms with Crippen molar-refractivity contribution in [1.29, 1.82) is 5.41 Å². The molecule has 2 fully saturated rings. The summed E-state index contributed by atoms with van der Waals surface area (Å²) in [6.07, 6.45) is 13.4. The number of unbranched alkanes of at least 4 members (excludes halogenated alkanes) is 5. The smallest absolute Gasteiger partial charge is 0.188 e. The van der Waals surface area contributed by atoms with Gasteiger partial charge in [0.25, 0.3) is 0 Å². The zero-order valence-corrected chi connectivity index (χ0v) is 16.2. The van der Waals surface area contributed by atoms with Crippen molar-refractivity contribution in [2.45, 2.75) is 104 Å². The number of fused-ring (bicyclic) bond motifs is 1. The third-order valence-corrected chi connectivity index (χ3v) is 5.60. The van der Waals surface area contributed by atoms with Crippen LogP contribution < -0.4 is 5.32 Å². The van der Waals surface area contributed by atoms with E-state index in [1.165, 1.54) is 44.9 Å². The highest BCUT2D eigenvalue weighted by Gasteiger charge is 2.50. The summed E-state index contributed by atoms with van der Waals surface area (Å²) in [5.41, 5.74) is -0.0669. The van der Waals surface area contributed by atoms with E-state index >= 15 is 0 Å². The molecule has 0 radical (unpaired) electrons. The second-order valence-corrected chi connectivity index (χ2v) is 7.38. The SMILES string of the molecule is CCC(CO)OC(=N)[C@]12CCCC1NCC2.CCCCCCCC. The van der Waals surface area contributed by atoms with Crippen LogP contribution in [0.4, 0.5) is 0 Å². The van der Waals surface area contributed by atoms with Crippen LogP contribution in [0.25, 0.3) is 0 Å². The molecule has 2 aliphatic rings. The number of nitrogens with one attached hydrogen (secondary N) is 2. The number of hydrogen-bond donors (Lipinski definition) is 3. The Kier molecular flexibility index (Phi) is 10.6. The van der Waals surface area contributed by atoms with E-state index in [9.17, 15) is 0 Å². The van der Waals surface area contributed by atoms with Crippen LogP contribution in [-0.4, -0.2) is 36.3 Å². The van der Waals surface area contributed by atoms with Crippen LogP contribution in [0.2, 0.25) is 0 Å². The summed E-state index contributed by atoms with van der Waals surface area (Å²) in [6, 6.07) is 0.427. The molecule has 0 aromatic carbocycles. The molecule has 1 heterocycles. The fourth-order valence-electron chi connectivity index (χ4n) is 3.91. The van der Waals surface area contributed by atoms with Gasteiger partial charge in [-0.2, -0.15) is 0 Å². The highest BCUT2D eigenvalue weighted by atomic mass is 16.5. The van der Waals surface area contributed by atoms with Gasteiger partial charge in [-0.3, -0.25) is 5.41 Å². The Morgan fingerprint density at radius 1 is 1.17 bits per heavy atom. The topological polar surface area (TPSA) is 65.3 Å². The monoisotopic (exact) mass is 340 g/mol. The maximum absolute atomic E-state index is 9.12. The summed E-state index contributed by atoms with van der Waals surface area (Å²) >= 11 is 0. The largest absolute Gasteiger partial charge is 0.475 e. The second-order valence-electron chi connectivity index (χ2n) is 7.38. The van der Waals surface area contributed by atoms with Crippen molar-refractivity contribution >= 4 is 5.90 Å². The Bertz CT molecular complexity index is 327. The average molecular weight is 341 g/mol. The zero-order valence-electron chi connectivity index (χ0n) is 16.2. The summed E-state index contributed by atoms with van der Waals surface area (Å²) in [4.78, 5) is 0. The van der Waals surface area contributed by atoms with Crippen molar-refractivity contribution in [3.05, 3.63) is 0 Å². The molecular weight excluding hydrogens is 300 g/mol. The number of rotatable bonds is 9. The molecule has 24 heavy (non-hydrogen) atoms.